The molecule has 5 heteroatoms. The van der Waals surface area contributed by atoms with Crippen LogP contribution in [0, 0.1) is 0 Å². The second-order valence-corrected chi connectivity index (χ2v) is 5.61. The first kappa shape index (κ1) is 14.4. The Hall–Kier alpha value is -1.59. The smallest absolute Gasteiger partial charge is 0.251 e. The summed E-state index contributed by atoms with van der Waals surface area (Å²) in [4.78, 5) is 12.1. The van der Waals surface area contributed by atoms with Crippen LogP contribution in [0.3, 0.4) is 0 Å². The Bertz CT molecular complexity index is 494. The third-order valence-electron chi connectivity index (χ3n) is 4.12. The second-order valence-electron chi connectivity index (χ2n) is 5.61. The first-order valence-corrected chi connectivity index (χ1v) is 7.45. The van der Waals surface area contributed by atoms with Gasteiger partial charge >= 0.3 is 0 Å². The largest absolute Gasteiger partial charge is 0.497 e. The molecule has 1 aliphatic carbocycles. The minimum atomic E-state index is -0.366. The van der Waals surface area contributed by atoms with E-state index in [4.69, 9.17) is 14.2 Å². The fraction of sp³-hybridized carbons (Fsp3) is 0.562. The monoisotopic (exact) mass is 291 g/mol. The number of benzene rings is 1. The summed E-state index contributed by atoms with van der Waals surface area (Å²) >= 11 is 0. The van der Waals surface area contributed by atoms with Crippen molar-refractivity contribution in [2.75, 3.05) is 20.3 Å². The van der Waals surface area contributed by atoms with Crippen molar-refractivity contribution in [3.63, 3.8) is 0 Å². The van der Waals surface area contributed by atoms with Crippen molar-refractivity contribution in [1.29, 1.82) is 0 Å². The molecule has 1 saturated carbocycles. The minimum absolute atomic E-state index is 0.0506. The molecule has 1 N–H and O–H groups in total. The molecule has 1 aliphatic heterocycles. The van der Waals surface area contributed by atoms with Crippen molar-refractivity contribution < 1.29 is 19.0 Å². The Kier molecular flexibility index (Phi) is 4.12. The van der Waals surface area contributed by atoms with Gasteiger partial charge in [-0.3, -0.25) is 4.79 Å². The molecule has 2 aliphatic rings. The number of nitrogens with one attached hydrogen (secondary N) is 1. The van der Waals surface area contributed by atoms with Gasteiger partial charge in [-0.2, -0.15) is 0 Å². The molecule has 1 atom stereocenters. The molecule has 1 saturated heterocycles. The zero-order valence-corrected chi connectivity index (χ0v) is 12.3. The molecule has 1 aromatic rings. The summed E-state index contributed by atoms with van der Waals surface area (Å²) in [5.74, 6) is 0.270. The van der Waals surface area contributed by atoms with Crippen molar-refractivity contribution >= 4 is 5.91 Å². The van der Waals surface area contributed by atoms with Crippen LogP contribution < -0.4 is 10.1 Å². The molecular formula is C16H21NO4. The van der Waals surface area contributed by atoms with E-state index in [0.717, 1.165) is 31.4 Å². The highest BCUT2D eigenvalue weighted by atomic mass is 16.7. The van der Waals surface area contributed by atoms with Crippen molar-refractivity contribution in [3.05, 3.63) is 29.8 Å². The second kappa shape index (κ2) is 6.03. The predicted octanol–water partition coefficient (Wildman–Crippen LogP) is 2.11. The van der Waals surface area contributed by atoms with Crippen LogP contribution in [0.5, 0.6) is 5.75 Å². The van der Waals surface area contributed by atoms with Crippen LogP contribution in [0.25, 0.3) is 0 Å². The molecule has 21 heavy (non-hydrogen) atoms. The summed E-state index contributed by atoms with van der Waals surface area (Å²) in [6.07, 6.45) is 4.20. The van der Waals surface area contributed by atoms with E-state index in [0.29, 0.717) is 18.7 Å². The summed E-state index contributed by atoms with van der Waals surface area (Å²) in [6.45, 7) is 1.04. The third kappa shape index (κ3) is 3.19. The van der Waals surface area contributed by atoms with E-state index >= 15 is 0 Å². The van der Waals surface area contributed by atoms with Gasteiger partial charge in [0, 0.05) is 24.9 Å². The molecule has 1 spiro atoms. The highest BCUT2D eigenvalue weighted by Gasteiger charge is 2.43. The van der Waals surface area contributed by atoms with Gasteiger partial charge in [0.2, 0.25) is 0 Å². The minimum Gasteiger partial charge on any atom is -0.497 e. The lowest BCUT2D eigenvalue weighted by molar-refractivity contribution is -0.161. The number of rotatable bonds is 4. The lowest BCUT2D eigenvalue weighted by atomic mass is 10.2. The van der Waals surface area contributed by atoms with Crippen molar-refractivity contribution in [3.8, 4) is 5.75 Å². The maximum absolute atomic E-state index is 12.1. The molecule has 114 valence electrons. The normalized spacial score (nSPS) is 23.4. The van der Waals surface area contributed by atoms with Gasteiger partial charge in [0.15, 0.2) is 5.79 Å². The molecular weight excluding hydrogens is 270 g/mol. The Morgan fingerprint density at radius 2 is 2.05 bits per heavy atom. The molecule has 1 heterocycles. The SMILES string of the molecule is COc1ccc(C(=O)NC[C@@H]2COC3(CCCC3)O2)cc1. The number of ether oxygens (including phenoxy) is 3. The Balaban J connectivity index is 1.49. The molecule has 0 radical (unpaired) electrons. The quantitative estimate of drug-likeness (QED) is 0.923. The predicted molar refractivity (Wildman–Crippen MR) is 77.4 cm³/mol. The van der Waals surface area contributed by atoms with E-state index in [2.05, 4.69) is 5.32 Å². The molecule has 2 fully saturated rings. The molecule has 1 amide bonds. The highest BCUT2D eigenvalue weighted by molar-refractivity contribution is 5.94. The fourth-order valence-corrected chi connectivity index (χ4v) is 2.94. The van der Waals surface area contributed by atoms with Gasteiger partial charge < -0.3 is 19.5 Å². The topological polar surface area (TPSA) is 56.8 Å². The summed E-state index contributed by atoms with van der Waals surface area (Å²) in [5, 5.41) is 2.90. The molecule has 1 aromatic carbocycles. The highest BCUT2D eigenvalue weighted by Crippen LogP contribution is 2.38. The number of carbonyl (C=O) groups is 1. The molecule has 0 unspecified atom stereocenters. The van der Waals surface area contributed by atoms with Gasteiger partial charge in [-0.25, -0.2) is 0 Å². The number of hydrogen-bond acceptors (Lipinski definition) is 4. The number of methoxy groups -OCH3 is 1. The maximum Gasteiger partial charge on any atom is 0.251 e. The van der Waals surface area contributed by atoms with Crippen LogP contribution in [0.15, 0.2) is 24.3 Å². The van der Waals surface area contributed by atoms with Gasteiger partial charge in [0.25, 0.3) is 5.91 Å². The van der Waals surface area contributed by atoms with Crippen LogP contribution >= 0.6 is 0 Å². The van der Waals surface area contributed by atoms with Gasteiger partial charge in [-0.15, -0.1) is 0 Å². The summed E-state index contributed by atoms with van der Waals surface area (Å²) in [5.41, 5.74) is 0.616. The van der Waals surface area contributed by atoms with E-state index in [1.54, 1.807) is 31.4 Å². The zero-order chi connectivity index (χ0) is 14.7. The lowest BCUT2D eigenvalue weighted by Crippen LogP contribution is -2.35. The molecule has 0 bridgehead atoms. The maximum atomic E-state index is 12.1. The average Bonchev–Trinajstić information content (AvgIpc) is 3.15. The van der Waals surface area contributed by atoms with E-state index in [1.807, 2.05) is 0 Å². The zero-order valence-electron chi connectivity index (χ0n) is 12.3. The van der Waals surface area contributed by atoms with Crippen LogP contribution in [0.1, 0.15) is 36.0 Å². The number of amides is 1. The Morgan fingerprint density at radius 1 is 1.33 bits per heavy atom. The van der Waals surface area contributed by atoms with Gasteiger partial charge in [0.05, 0.1) is 13.7 Å². The lowest BCUT2D eigenvalue weighted by Gasteiger charge is -2.21. The number of hydrogen-bond donors (Lipinski definition) is 1. The van der Waals surface area contributed by atoms with E-state index in [-0.39, 0.29) is 17.8 Å². The van der Waals surface area contributed by atoms with E-state index < -0.39 is 0 Å². The first-order valence-electron chi connectivity index (χ1n) is 7.45. The van der Waals surface area contributed by atoms with Crippen LogP contribution in [0.2, 0.25) is 0 Å². The molecule has 5 nitrogen and oxygen atoms in total. The van der Waals surface area contributed by atoms with Crippen LogP contribution in [0.4, 0.5) is 0 Å². The van der Waals surface area contributed by atoms with Gasteiger partial charge in [-0.1, -0.05) is 0 Å². The number of carbonyl (C=O) groups excluding carboxylic acids is 1. The van der Waals surface area contributed by atoms with Crippen molar-refractivity contribution in [1.82, 2.24) is 5.32 Å². The van der Waals surface area contributed by atoms with Gasteiger partial charge in [-0.05, 0) is 37.1 Å². The van der Waals surface area contributed by atoms with Crippen LogP contribution in [-0.4, -0.2) is 38.1 Å². The fourth-order valence-electron chi connectivity index (χ4n) is 2.94. The Labute approximate surface area is 124 Å². The Morgan fingerprint density at radius 3 is 2.71 bits per heavy atom. The van der Waals surface area contributed by atoms with Crippen LogP contribution in [-0.2, 0) is 9.47 Å². The van der Waals surface area contributed by atoms with Crippen molar-refractivity contribution in [2.24, 2.45) is 0 Å². The van der Waals surface area contributed by atoms with E-state index in [9.17, 15) is 4.79 Å². The van der Waals surface area contributed by atoms with Gasteiger partial charge in [0.1, 0.15) is 11.9 Å². The third-order valence-corrected chi connectivity index (χ3v) is 4.12. The average molecular weight is 291 g/mol. The summed E-state index contributed by atoms with van der Waals surface area (Å²) in [6, 6.07) is 7.05. The molecule has 0 aromatic heterocycles. The standard InChI is InChI=1S/C16H21NO4/c1-19-13-6-4-12(5-7-13)15(18)17-10-14-11-20-16(21-14)8-2-3-9-16/h4-7,14H,2-3,8-11H2,1H3,(H,17,18)/t14-/m1/s1. The van der Waals surface area contributed by atoms with E-state index in [1.165, 1.54) is 0 Å². The summed E-state index contributed by atoms with van der Waals surface area (Å²) < 4.78 is 16.8. The molecule has 3 rings (SSSR count). The summed E-state index contributed by atoms with van der Waals surface area (Å²) in [7, 11) is 1.60. The van der Waals surface area contributed by atoms with Crippen molar-refractivity contribution in [2.45, 2.75) is 37.6 Å². The first-order chi connectivity index (χ1) is 10.2.